The predicted molar refractivity (Wildman–Crippen MR) is 64.6 cm³/mol. The number of amides is 1. The average Bonchev–Trinajstić information content (AvgIpc) is 2.79. The van der Waals surface area contributed by atoms with Crippen LogP contribution in [0, 0.1) is 11.3 Å². The summed E-state index contributed by atoms with van der Waals surface area (Å²) < 4.78 is 0. The van der Waals surface area contributed by atoms with Gasteiger partial charge in [-0.15, -0.1) is 0 Å². The van der Waals surface area contributed by atoms with E-state index in [0.717, 1.165) is 12.8 Å². The summed E-state index contributed by atoms with van der Waals surface area (Å²) in [6.45, 7) is 3.99. The number of nitrogens with one attached hydrogen (secondary N) is 1. The third-order valence-electron chi connectivity index (χ3n) is 2.89. The maximum Gasteiger partial charge on any atom is 0.289 e. The molecule has 0 bridgehead atoms. The lowest BCUT2D eigenvalue weighted by Crippen LogP contribution is -2.37. The molecular weight excluding hydrogens is 236 g/mol. The van der Waals surface area contributed by atoms with Gasteiger partial charge in [0.2, 0.25) is 5.71 Å². The molecule has 0 spiro atoms. The van der Waals surface area contributed by atoms with E-state index in [1.54, 1.807) is 6.07 Å². The highest BCUT2D eigenvalue weighted by Crippen LogP contribution is 2.29. The first-order valence-corrected chi connectivity index (χ1v) is 5.68. The van der Waals surface area contributed by atoms with Crippen molar-refractivity contribution in [2.75, 3.05) is 7.11 Å². The Morgan fingerprint density at radius 2 is 2.33 bits per heavy atom. The number of rotatable bonds is 4. The van der Waals surface area contributed by atoms with Crippen molar-refractivity contribution in [3.63, 3.8) is 0 Å². The highest BCUT2D eigenvalue weighted by molar-refractivity contribution is 6.47. The summed E-state index contributed by atoms with van der Waals surface area (Å²) in [6, 6.07) is 1.64. The molecule has 0 saturated heterocycles. The Kier molecular flexibility index (Phi) is 4.66. The largest absolute Gasteiger partial charge is 0.398 e. The van der Waals surface area contributed by atoms with Gasteiger partial charge in [0, 0.05) is 0 Å². The minimum absolute atomic E-state index is 0.353. The monoisotopic (exact) mass is 252 g/mol. The van der Waals surface area contributed by atoms with Gasteiger partial charge in [0.1, 0.15) is 18.8 Å². The summed E-state index contributed by atoms with van der Waals surface area (Å²) in [5.74, 6) is -0.243. The third-order valence-corrected chi connectivity index (χ3v) is 2.89. The van der Waals surface area contributed by atoms with Gasteiger partial charge in [0.15, 0.2) is 5.84 Å². The van der Waals surface area contributed by atoms with Crippen molar-refractivity contribution < 1.29 is 14.5 Å². The van der Waals surface area contributed by atoms with Crippen LogP contribution in [0.4, 0.5) is 0 Å². The number of amidine groups is 1. The number of oxime groups is 2. The molecule has 1 N–H and O–H groups in total. The molecule has 0 unspecified atom stereocenters. The SMILES string of the molecule is CCC1(CC)CC(NC(=O)/C(C#N)=N/OC)=NO1. The lowest BCUT2D eigenvalue weighted by Gasteiger charge is -2.22. The lowest BCUT2D eigenvalue weighted by atomic mass is 9.93. The molecule has 1 amide bonds. The smallest absolute Gasteiger partial charge is 0.289 e. The van der Waals surface area contributed by atoms with E-state index in [1.807, 2.05) is 13.8 Å². The van der Waals surface area contributed by atoms with Gasteiger partial charge in [-0.2, -0.15) is 5.26 Å². The van der Waals surface area contributed by atoms with Crippen LogP contribution in [0.5, 0.6) is 0 Å². The van der Waals surface area contributed by atoms with Crippen molar-refractivity contribution >= 4 is 17.5 Å². The fourth-order valence-corrected chi connectivity index (χ4v) is 1.61. The van der Waals surface area contributed by atoms with Crippen molar-refractivity contribution in [3.8, 4) is 6.07 Å². The van der Waals surface area contributed by atoms with E-state index < -0.39 is 5.91 Å². The molecule has 7 heteroatoms. The van der Waals surface area contributed by atoms with E-state index in [9.17, 15) is 4.79 Å². The zero-order valence-corrected chi connectivity index (χ0v) is 10.7. The van der Waals surface area contributed by atoms with Gasteiger partial charge in [-0.1, -0.05) is 24.2 Å². The summed E-state index contributed by atoms with van der Waals surface area (Å²) in [5, 5.41) is 18.3. The van der Waals surface area contributed by atoms with Crippen LogP contribution in [0.25, 0.3) is 0 Å². The van der Waals surface area contributed by atoms with E-state index in [-0.39, 0.29) is 11.3 Å². The van der Waals surface area contributed by atoms with Gasteiger partial charge < -0.3 is 15.0 Å². The second kappa shape index (κ2) is 6.00. The van der Waals surface area contributed by atoms with Crippen LogP contribution in [0.1, 0.15) is 33.1 Å². The van der Waals surface area contributed by atoms with Crippen molar-refractivity contribution in [2.45, 2.75) is 38.7 Å². The van der Waals surface area contributed by atoms with Crippen molar-refractivity contribution in [3.05, 3.63) is 0 Å². The second-order valence-corrected chi connectivity index (χ2v) is 3.88. The van der Waals surface area contributed by atoms with Gasteiger partial charge in [-0.3, -0.25) is 4.79 Å². The molecule has 0 fully saturated rings. The number of hydrogen-bond acceptors (Lipinski definition) is 6. The van der Waals surface area contributed by atoms with E-state index in [0.29, 0.717) is 12.3 Å². The first kappa shape index (κ1) is 14.0. The Morgan fingerprint density at radius 1 is 1.67 bits per heavy atom. The molecular formula is C11H16N4O3. The Hall–Kier alpha value is -2.10. The van der Waals surface area contributed by atoms with Crippen molar-refractivity contribution in [1.82, 2.24) is 5.32 Å². The topological polar surface area (TPSA) is 96.1 Å². The van der Waals surface area contributed by atoms with Gasteiger partial charge in [-0.05, 0) is 12.8 Å². The van der Waals surface area contributed by atoms with Crippen LogP contribution in [-0.4, -0.2) is 30.2 Å². The molecule has 0 aliphatic carbocycles. The predicted octanol–water partition coefficient (Wildman–Crippen LogP) is 0.921. The molecule has 1 aliphatic heterocycles. The molecule has 0 atom stereocenters. The molecule has 0 saturated carbocycles. The summed E-state index contributed by atoms with van der Waals surface area (Å²) in [6.07, 6.45) is 2.10. The summed E-state index contributed by atoms with van der Waals surface area (Å²) in [4.78, 5) is 21.4. The van der Waals surface area contributed by atoms with Gasteiger partial charge >= 0.3 is 0 Å². The lowest BCUT2D eigenvalue weighted by molar-refractivity contribution is -0.113. The molecule has 98 valence electrons. The standard InChI is InChI=1S/C11H16N4O3/c1-4-11(5-2)6-9(15-18-11)13-10(16)8(7-12)14-17-3/h4-6H2,1-3H3,(H,13,15,16)/b14-8+. The van der Waals surface area contributed by atoms with Crippen LogP contribution in [0.2, 0.25) is 0 Å². The van der Waals surface area contributed by atoms with Crippen LogP contribution < -0.4 is 5.32 Å². The third kappa shape index (κ3) is 2.97. The average molecular weight is 252 g/mol. The number of carbonyl (C=O) groups is 1. The minimum atomic E-state index is -0.648. The van der Waals surface area contributed by atoms with E-state index in [1.165, 1.54) is 7.11 Å². The minimum Gasteiger partial charge on any atom is -0.398 e. The molecule has 1 rings (SSSR count). The van der Waals surface area contributed by atoms with Crippen LogP contribution in [0.3, 0.4) is 0 Å². The molecule has 0 aromatic rings. The normalized spacial score (nSPS) is 17.4. The molecule has 0 aromatic carbocycles. The van der Waals surface area contributed by atoms with Crippen LogP contribution >= 0.6 is 0 Å². The first-order valence-electron chi connectivity index (χ1n) is 5.68. The van der Waals surface area contributed by atoms with Gasteiger partial charge in [-0.25, -0.2) is 0 Å². The number of nitriles is 1. The molecule has 18 heavy (non-hydrogen) atoms. The van der Waals surface area contributed by atoms with E-state index in [2.05, 4.69) is 20.5 Å². The van der Waals surface area contributed by atoms with Crippen LogP contribution in [0.15, 0.2) is 10.3 Å². The van der Waals surface area contributed by atoms with Crippen molar-refractivity contribution in [2.24, 2.45) is 10.3 Å². The maximum absolute atomic E-state index is 11.6. The Bertz CT molecular complexity index is 418. The molecule has 0 aromatic heterocycles. The highest BCUT2D eigenvalue weighted by Gasteiger charge is 2.36. The molecule has 1 heterocycles. The van der Waals surface area contributed by atoms with Crippen LogP contribution in [-0.2, 0) is 14.5 Å². The number of carbonyl (C=O) groups excluding carboxylic acids is 1. The fraction of sp³-hybridized carbons (Fsp3) is 0.636. The summed E-state index contributed by atoms with van der Waals surface area (Å²) in [7, 11) is 1.26. The fourth-order valence-electron chi connectivity index (χ4n) is 1.61. The Balaban J connectivity index is 2.64. The summed E-state index contributed by atoms with van der Waals surface area (Å²) >= 11 is 0. The summed E-state index contributed by atoms with van der Waals surface area (Å²) in [5.41, 5.74) is -0.709. The Morgan fingerprint density at radius 3 is 2.78 bits per heavy atom. The Labute approximate surface area is 105 Å². The highest BCUT2D eigenvalue weighted by atomic mass is 16.7. The van der Waals surface area contributed by atoms with E-state index >= 15 is 0 Å². The quantitative estimate of drug-likeness (QED) is 0.594. The molecule has 7 nitrogen and oxygen atoms in total. The number of nitrogens with zero attached hydrogens (tertiary/aromatic N) is 3. The zero-order valence-electron chi connectivity index (χ0n) is 10.7. The maximum atomic E-state index is 11.6. The number of hydrogen-bond donors (Lipinski definition) is 1. The van der Waals surface area contributed by atoms with Crippen molar-refractivity contribution in [1.29, 1.82) is 5.26 Å². The van der Waals surface area contributed by atoms with Gasteiger partial charge in [0.25, 0.3) is 5.91 Å². The van der Waals surface area contributed by atoms with Gasteiger partial charge in [0.05, 0.1) is 6.42 Å². The second-order valence-electron chi connectivity index (χ2n) is 3.88. The molecule has 0 radical (unpaired) electrons. The zero-order chi connectivity index (χ0) is 13.6. The van der Waals surface area contributed by atoms with E-state index in [4.69, 9.17) is 10.1 Å². The molecule has 1 aliphatic rings. The first-order chi connectivity index (χ1) is 8.60.